The minimum atomic E-state index is -0.834. The van der Waals surface area contributed by atoms with E-state index in [2.05, 4.69) is 18.2 Å². The number of hydrogen-bond donors (Lipinski definition) is 1. The second-order valence-electron chi connectivity index (χ2n) is 4.86. The molecule has 2 aromatic carbocycles. The van der Waals surface area contributed by atoms with Gasteiger partial charge >= 0.3 is 5.97 Å². The molecule has 0 aromatic heterocycles. The van der Waals surface area contributed by atoms with E-state index in [9.17, 15) is 4.79 Å². The molecule has 18 heavy (non-hydrogen) atoms. The molecule has 0 spiro atoms. The monoisotopic (exact) mass is 241 g/mol. The minimum absolute atomic E-state index is 0.0658. The van der Waals surface area contributed by atoms with E-state index in [0.29, 0.717) is 6.42 Å². The molecule has 0 bridgehead atoms. The second-order valence-corrected chi connectivity index (χ2v) is 4.86. The van der Waals surface area contributed by atoms with E-state index in [0.717, 1.165) is 5.56 Å². The Kier molecular flexibility index (Phi) is 2.38. The topological polar surface area (TPSA) is 52.3 Å². The first-order chi connectivity index (χ1) is 8.66. The Balaban J connectivity index is 2.05. The third kappa shape index (κ3) is 1.51. The molecule has 1 saturated carbocycles. The molecule has 3 rings (SSSR count). The highest BCUT2D eigenvalue weighted by Gasteiger charge is 2.59. The van der Waals surface area contributed by atoms with Gasteiger partial charge in [-0.25, -0.2) is 0 Å². The number of nitrogens with two attached hydrogens (primary N) is 1. The van der Waals surface area contributed by atoms with Crippen molar-refractivity contribution in [3.8, 4) is 0 Å². The number of carbonyl (C=O) groups excluding carboxylic acids is 1. The molecule has 1 fully saturated rings. The molecule has 0 aliphatic heterocycles. The van der Waals surface area contributed by atoms with E-state index in [1.807, 2.05) is 24.3 Å². The average Bonchev–Trinajstić information content (AvgIpc) is 3.10. The van der Waals surface area contributed by atoms with Crippen LogP contribution in [0.1, 0.15) is 17.9 Å². The summed E-state index contributed by atoms with van der Waals surface area (Å²) in [4.78, 5) is 11.7. The second kappa shape index (κ2) is 3.82. The van der Waals surface area contributed by atoms with Crippen LogP contribution in [0.25, 0.3) is 10.8 Å². The van der Waals surface area contributed by atoms with Gasteiger partial charge in [-0.1, -0.05) is 42.5 Å². The number of hydrogen-bond acceptors (Lipinski definition) is 3. The lowest BCUT2D eigenvalue weighted by Crippen LogP contribution is -2.35. The maximum atomic E-state index is 11.7. The van der Waals surface area contributed by atoms with E-state index in [4.69, 9.17) is 10.5 Å². The molecule has 2 atom stereocenters. The summed E-state index contributed by atoms with van der Waals surface area (Å²) < 4.78 is 4.78. The molecule has 2 N–H and O–H groups in total. The SMILES string of the molecule is COC(=O)[C@]1(N)C[C@@H]1c1cccc2ccccc12. The number of benzene rings is 2. The van der Waals surface area contributed by atoms with Gasteiger partial charge in [-0.05, 0) is 22.8 Å². The molecule has 3 nitrogen and oxygen atoms in total. The van der Waals surface area contributed by atoms with Gasteiger partial charge < -0.3 is 10.5 Å². The van der Waals surface area contributed by atoms with E-state index >= 15 is 0 Å². The van der Waals surface area contributed by atoms with Crippen LogP contribution in [-0.4, -0.2) is 18.6 Å². The van der Waals surface area contributed by atoms with Crippen LogP contribution in [0.5, 0.6) is 0 Å². The fraction of sp³-hybridized carbons (Fsp3) is 0.267. The van der Waals surface area contributed by atoms with Crippen molar-refractivity contribution in [2.75, 3.05) is 7.11 Å². The quantitative estimate of drug-likeness (QED) is 0.820. The Hall–Kier alpha value is -1.87. The van der Waals surface area contributed by atoms with E-state index in [1.54, 1.807) is 0 Å². The largest absolute Gasteiger partial charge is 0.468 e. The van der Waals surface area contributed by atoms with Crippen molar-refractivity contribution in [2.24, 2.45) is 5.73 Å². The van der Waals surface area contributed by atoms with Crippen LogP contribution in [0.3, 0.4) is 0 Å². The van der Waals surface area contributed by atoms with E-state index in [-0.39, 0.29) is 11.9 Å². The smallest absolute Gasteiger partial charge is 0.326 e. The fourth-order valence-corrected chi connectivity index (χ4v) is 2.64. The maximum Gasteiger partial charge on any atom is 0.326 e. The molecule has 0 unspecified atom stereocenters. The number of esters is 1. The first-order valence-electron chi connectivity index (χ1n) is 6.02. The summed E-state index contributed by atoms with van der Waals surface area (Å²) in [5, 5.41) is 2.34. The molecular formula is C15H15NO2. The van der Waals surface area contributed by atoms with Crippen molar-refractivity contribution in [1.82, 2.24) is 0 Å². The first-order valence-corrected chi connectivity index (χ1v) is 6.02. The highest BCUT2D eigenvalue weighted by atomic mass is 16.5. The number of ether oxygens (including phenoxy) is 1. The Labute approximate surface area is 106 Å². The summed E-state index contributed by atoms with van der Waals surface area (Å²) in [6.45, 7) is 0. The van der Waals surface area contributed by atoms with Crippen LogP contribution < -0.4 is 5.73 Å². The van der Waals surface area contributed by atoms with Crippen molar-refractivity contribution >= 4 is 16.7 Å². The van der Waals surface area contributed by atoms with Crippen molar-refractivity contribution in [1.29, 1.82) is 0 Å². The molecule has 3 heteroatoms. The van der Waals surface area contributed by atoms with Crippen LogP contribution in [0, 0.1) is 0 Å². The summed E-state index contributed by atoms with van der Waals surface area (Å²) in [6, 6.07) is 14.3. The zero-order valence-corrected chi connectivity index (χ0v) is 10.2. The molecule has 2 aromatic rings. The van der Waals surface area contributed by atoms with Crippen LogP contribution in [0.2, 0.25) is 0 Å². The van der Waals surface area contributed by atoms with Gasteiger partial charge in [0, 0.05) is 5.92 Å². The lowest BCUT2D eigenvalue weighted by molar-refractivity contribution is -0.143. The van der Waals surface area contributed by atoms with Crippen molar-refractivity contribution in [2.45, 2.75) is 17.9 Å². The number of carbonyl (C=O) groups is 1. The van der Waals surface area contributed by atoms with E-state index < -0.39 is 5.54 Å². The van der Waals surface area contributed by atoms with Gasteiger partial charge in [-0.3, -0.25) is 4.79 Å². The van der Waals surface area contributed by atoms with Crippen molar-refractivity contribution < 1.29 is 9.53 Å². The summed E-state index contributed by atoms with van der Waals surface area (Å²) in [5.41, 5.74) is 6.40. The Morgan fingerprint density at radius 2 is 2.00 bits per heavy atom. The van der Waals surface area contributed by atoms with Gasteiger partial charge in [0.25, 0.3) is 0 Å². The van der Waals surface area contributed by atoms with Crippen LogP contribution >= 0.6 is 0 Å². The standard InChI is InChI=1S/C15H15NO2/c1-18-14(17)15(16)9-13(15)12-8-4-6-10-5-2-3-7-11(10)12/h2-8,13H,9,16H2,1H3/t13-,15+/m1/s1. The minimum Gasteiger partial charge on any atom is -0.468 e. The molecule has 0 heterocycles. The molecule has 1 aliphatic rings. The molecule has 1 aliphatic carbocycles. The molecule has 92 valence electrons. The molecule has 0 amide bonds. The van der Waals surface area contributed by atoms with Crippen molar-refractivity contribution in [3.63, 3.8) is 0 Å². The van der Waals surface area contributed by atoms with Crippen LogP contribution in [0.4, 0.5) is 0 Å². The summed E-state index contributed by atoms with van der Waals surface area (Å²) in [5.74, 6) is -0.253. The highest BCUT2D eigenvalue weighted by Crippen LogP contribution is 2.51. The molecule has 0 radical (unpaired) electrons. The number of rotatable bonds is 2. The zero-order valence-electron chi connectivity index (χ0n) is 10.2. The Morgan fingerprint density at radius 1 is 1.28 bits per heavy atom. The number of fused-ring (bicyclic) bond motifs is 1. The summed E-state index contributed by atoms with van der Waals surface area (Å²) >= 11 is 0. The number of methoxy groups -OCH3 is 1. The van der Waals surface area contributed by atoms with Crippen molar-refractivity contribution in [3.05, 3.63) is 48.0 Å². The van der Waals surface area contributed by atoms with Gasteiger partial charge in [-0.2, -0.15) is 0 Å². The van der Waals surface area contributed by atoms with Gasteiger partial charge in [-0.15, -0.1) is 0 Å². The van der Waals surface area contributed by atoms with E-state index in [1.165, 1.54) is 17.9 Å². The first kappa shape index (κ1) is 11.2. The average molecular weight is 241 g/mol. The predicted octanol–water partition coefficient (Wildman–Crippen LogP) is 2.20. The van der Waals surface area contributed by atoms with Gasteiger partial charge in [0.1, 0.15) is 5.54 Å². The Morgan fingerprint density at radius 3 is 2.78 bits per heavy atom. The lowest BCUT2D eigenvalue weighted by Gasteiger charge is -2.10. The zero-order chi connectivity index (χ0) is 12.8. The fourth-order valence-electron chi connectivity index (χ4n) is 2.64. The third-order valence-electron chi connectivity index (χ3n) is 3.77. The normalized spacial score (nSPS) is 26.0. The summed E-state index contributed by atoms with van der Waals surface area (Å²) in [6.07, 6.45) is 0.660. The molecular weight excluding hydrogens is 226 g/mol. The van der Waals surface area contributed by atoms with Gasteiger partial charge in [0.15, 0.2) is 0 Å². The maximum absolute atomic E-state index is 11.7. The van der Waals surface area contributed by atoms with Gasteiger partial charge in [0.2, 0.25) is 0 Å². The highest BCUT2D eigenvalue weighted by molar-refractivity contribution is 5.92. The molecule has 0 saturated heterocycles. The summed E-state index contributed by atoms with van der Waals surface area (Å²) in [7, 11) is 1.38. The Bertz CT molecular complexity index is 617. The van der Waals surface area contributed by atoms with Crippen LogP contribution in [-0.2, 0) is 9.53 Å². The van der Waals surface area contributed by atoms with Gasteiger partial charge in [0.05, 0.1) is 7.11 Å². The lowest BCUT2D eigenvalue weighted by atomic mass is 9.99. The third-order valence-corrected chi connectivity index (χ3v) is 3.77. The van der Waals surface area contributed by atoms with Crippen LogP contribution in [0.15, 0.2) is 42.5 Å². The predicted molar refractivity (Wildman–Crippen MR) is 70.2 cm³/mol.